The highest BCUT2D eigenvalue weighted by atomic mass is 32.2. The van der Waals surface area contributed by atoms with Crippen molar-refractivity contribution in [3.8, 4) is 0 Å². The molecule has 2 heteroatoms. The van der Waals surface area contributed by atoms with Gasteiger partial charge in [-0.15, -0.1) is 11.8 Å². The van der Waals surface area contributed by atoms with Gasteiger partial charge in [-0.3, -0.25) is 0 Å². The fraction of sp³-hybridized carbons (Fsp3) is 0.333. The molecule has 0 saturated heterocycles. The normalized spacial score (nSPS) is 11.0. The molecule has 0 unspecified atom stereocenters. The molecule has 0 bridgehead atoms. The van der Waals surface area contributed by atoms with Crippen molar-refractivity contribution in [1.29, 1.82) is 0 Å². The van der Waals surface area contributed by atoms with Crippen molar-refractivity contribution in [2.75, 3.05) is 5.75 Å². The van der Waals surface area contributed by atoms with Crippen molar-refractivity contribution in [2.45, 2.75) is 18.4 Å². The number of hydrogen-bond donors (Lipinski definition) is 0. The van der Waals surface area contributed by atoms with Gasteiger partial charge in [-0.2, -0.15) is 0 Å². The van der Waals surface area contributed by atoms with E-state index in [0.717, 1.165) is 0 Å². The summed E-state index contributed by atoms with van der Waals surface area (Å²) < 4.78 is 2.23. The van der Waals surface area contributed by atoms with Gasteiger partial charge in [0.25, 0.3) is 0 Å². The molecule has 0 amide bonds. The maximum atomic E-state index is 2.23. The van der Waals surface area contributed by atoms with Crippen LogP contribution in [-0.4, -0.2) is 10.3 Å². The molecule has 0 saturated carbocycles. The molecule has 1 aromatic carbocycles. The van der Waals surface area contributed by atoms with Gasteiger partial charge in [0.05, 0.1) is 5.03 Å². The Hall–Kier alpha value is -0.890. The molecule has 0 aliphatic carbocycles. The number of rotatable bonds is 3. The van der Waals surface area contributed by atoms with Crippen LogP contribution in [0.15, 0.2) is 35.5 Å². The first-order valence-electron chi connectivity index (χ1n) is 4.99. The predicted octanol–water partition coefficient (Wildman–Crippen LogP) is 3.68. The van der Waals surface area contributed by atoms with Crippen LogP contribution in [0.1, 0.15) is 13.3 Å². The second kappa shape index (κ2) is 4.09. The third-order valence-corrected chi connectivity index (χ3v) is 3.68. The van der Waals surface area contributed by atoms with Gasteiger partial charge in [-0.25, -0.2) is 0 Å². The van der Waals surface area contributed by atoms with Gasteiger partial charge in [0.1, 0.15) is 0 Å². The summed E-state index contributed by atoms with van der Waals surface area (Å²) in [6, 6.07) is 8.58. The molecule has 2 rings (SSSR count). The molecule has 74 valence electrons. The van der Waals surface area contributed by atoms with Crippen LogP contribution < -0.4 is 0 Å². The van der Waals surface area contributed by atoms with Crippen LogP contribution in [-0.2, 0) is 7.05 Å². The highest BCUT2D eigenvalue weighted by molar-refractivity contribution is 7.99. The Morgan fingerprint density at radius 2 is 2.07 bits per heavy atom. The van der Waals surface area contributed by atoms with Gasteiger partial charge in [-0.05, 0) is 12.2 Å². The minimum atomic E-state index is 1.20. The van der Waals surface area contributed by atoms with E-state index in [1.807, 2.05) is 11.8 Å². The number of fused-ring (bicyclic) bond motifs is 1. The zero-order valence-electron chi connectivity index (χ0n) is 8.66. The van der Waals surface area contributed by atoms with Crippen LogP contribution in [0.25, 0.3) is 10.8 Å². The van der Waals surface area contributed by atoms with E-state index in [2.05, 4.69) is 49.0 Å². The van der Waals surface area contributed by atoms with Crippen molar-refractivity contribution in [3.63, 3.8) is 0 Å². The number of thioether (sulfide) groups is 1. The Labute approximate surface area is 89.1 Å². The van der Waals surface area contributed by atoms with E-state index < -0.39 is 0 Å². The Morgan fingerprint density at radius 3 is 2.86 bits per heavy atom. The number of benzene rings is 1. The summed E-state index contributed by atoms with van der Waals surface area (Å²) in [4.78, 5) is 0. The first-order valence-corrected chi connectivity index (χ1v) is 5.98. The molecular formula is C12H15NS. The number of aromatic nitrogens is 1. The van der Waals surface area contributed by atoms with Gasteiger partial charge in [0, 0.05) is 24.0 Å². The Balaban J connectivity index is 2.45. The molecule has 0 atom stereocenters. The van der Waals surface area contributed by atoms with E-state index >= 15 is 0 Å². The smallest absolute Gasteiger partial charge is 0.0825 e. The van der Waals surface area contributed by atoms with Crippen molar-refractivity contribution in [3.05, 3.63) is 30.5 Å². The topological polar surface area (TPSA) is 4.93 Å². The highest BCUT2D eigenvalue weighted by Gasteiger charge is 2.05. The molecule has 0 fully saturated rings. The van der Waals surface area contributed by atoms with Gasteiger partial charge >= 0.3 is 0 Å². The third kappa shape index (κ3) is 1.67. The van der Waals surface area contributed by atoms with Crippen molar-refractivity contribution < 1.29 is 0 Å². The van der Waals surface area contributed by atoms with E-state index in [-0.39, 0.29) is 0 Å². The van der Waals surface area contributed by atoms with Crippen molar-refractivity contribution in [2.24, 2.45) is 7.05 Å². The highest BCUT2D eigenvalue weighted by Crippen LogP contribution is 2.29. The summed E-state index contributed by atoms with van der Waals surface area (Å²) in [6.45, 7) is 2.22. The zero-order chi connectivity index (χ0) is 9.97. The molecule has 1 heterocycles. The second-order valence-corrected chi connectivity index (χ2v) is 4.56. The van der Waals surface area contributed by atoms with Crippen LogP contribution in [0.4, 0.5) is 0 Å². The standard InChI is InChI=1S/C12H15NS/c1-3-8-14-12-11-7-5-4-6-10(11)9-13(12)2/h4-7,9H,3,8H2,1-2H3. The van der Waals surface area contributed by atoms with E-state index in [4.69, 9.17) is 0 Å². The molecule has 0 aliphatic heterocycles. The quantitative estimate of drug-likeness (QED) is 0.692. The van der Waals surface area contributed by atoms with Crippen molar-refractivity contribution in [1.82, 2.24) is 4.57 Å². The largest absolute Gasteiger partial charge is 0.345 e. The van der Waals surface area contributed by atoms with E-state index in [1.165, 1.54) is 28.0 Å². The average Bonchev–Trinajstić information content (AvgIpc) is 2.51. The number of hydrogen-bond acceptors (Lipinski definition) is 1. The minimum Gasteiger partial charge on any atom is -0.345 e. The maximum absolute atomic E-state index is 2.23. The van der Waals surface area contributed by atoms with Crippen molar-refractivity contribution >= 4 is 22.5 Å². The number of aryl methyl sites for hydroxylation is 1. The Kier molecular flexibility index (Phi) is 2.82. The molecule has 0 spiro atoms. The summed E-state index contributed by atoms with van der Waals surface area (Å²) in [6.07, 6.45) is 3.43. The SMILES string of the molecule is CCCSc1c2ccccc2cn1C. The maximum Gasteiger partial charge on any atom is 0.0825 e. The monoisotopic (exact) mass is 205 g/mol. The summed E-state index contributed by atoms with van der Waals surface area (Å²) in [5.74, 6) is 1.20. The fourth-order valence-electron chi connectivity index (χ4n) is 1.64. The fourth-order valence-corrected chi connectivity index (χ4v) is 2.64. The van der Waals surface area contributed by atoms with Gasteiger partial charge in [0.2, 0.25) is 0 Å². The van der Waals surface area contributed by atoms with Crippen LogP contribution >= 0.6 is 11.8 Å². The van der Waals surface area contributed by atoms with Crippen LogP contribution in [0, 0.1) is 0 Å². The molecule has 14 heavy (non-hydrogen) atoms. The lowest BCUT2D eigenvalue weighted by Crippen LogP contribution is -1.87. The van der Waals surface area contributed by atoms with E-state index in [1.54, 1.807) is 0 Å². The minimum absolute atomic E-state index is 1.20. The predicted molar refractivity (Wildman–Crippen MR) is 63.9 cm³/mol. The molecule has 1 aromatic heterocycles. The summed E-state index contributed by atoms with van der Waals surface area (Å²) in [5.41, 5.74) is 0. The molecule has 0 N–H and O–H groups in total. The molecule has 2 aromatic rings. The van der Waals surface area contributed by atoms with E-state index in [9.17, 15) is 0 Å². The molecular weight excluding hydrogens is 190 g/mol. The lowest BCUT2D eigenvalue weighted by molar-refractivity contribution is 0.837. The molecule has 0 aliphatic rings. The molecule has 0 radical (unpaired) electrons. The van der Waals surface area contributed by atoms with Crippen LogP contribution in [0.5, 0.6) is 0 Å². The average molecular weight is 205 g/mol. The van der Waals surface area contributed by atoms with Gasteiger partial charge in [-0.1, -0.05) is 31.2 Å². The number of nitrogens with zero attached hydrogens (tertiary/aromatic N) is 1. The molecule has 1 nitrogen and oxygen atoms in total. The third-order valence-electron chi connectivity index (χ3n) is 2.29. The Bertz CT molecular complexity index is 431. The lowest BCUT2D eigenvalue weighted by atomic mass is 10.2. The van der Waals surface area contributed by atoms with Crippen LogP contribution in [0.2, 0.25) is 0 Å². The summed E-state index contributed by atoms with van der Waals surface area (Å²) >= 11 is 1.95. The lowest BCUT2D eigenvalue weighted by Gasteiger charge is -2.01. The summed E-state index contributed by atoms with van der Waals surface area (Å²) in [5, 5.41) is 4.12. The first-order chi connectivity index (χ1) is 6.83. The van der Waals surface area contributed by atoms with E-state index in [0.29, 0.717) is 0 Å². The zero-order valence-corrected chi connectivity index (χ0v) is 9.47. The summed E-state index contributed by atoms with van der Waals surface area (Å²) in [7, 11) is 2.12. The van der Waals surface area contributed by atoms with Crippen LogP contribution in [0.3, 0.4) is 0 Å². The Morgan fingerprint density at radius 1 is 1.29 bits per heavy atom. The first kappa shape index (κ1) is 9.66. The second-order valence-electron chi connectivity index (χ2n) is 3.48. The van der Waals surface area contributed by atoms with Gasteiger partial charge < -0.3 is 4.57 Å². The van der Waals surface area contributed by atoms with Gasteiger partial charge in [0.15, 0.2) is 0 Å².